The molecule has 0 bridgehead atoms. The second-order valence-corrected chi connectivity index (χ2v) is 9.62. The van der Waals surface area contributed by atoms with Gasteiger partial charge in [0, 0.05) is 44.9 Å². The van der Waals surface area contributed by atoms with Crippen LogP contribution in [0.4, 0.5) is 5.69 Å². The summed E-state index contributed by atoms with van der Waals surface area (Å²) >= 11 is 0. The van der Waals surface area contributed by atoms with Gasteiger partial charge >= 0.3 is 0 Å². The van der Waals surface area contributed by atoms with Crippen molar-refractivity contribution in [2.75, 3.05) is 11.4 Å². The smallest absolute Gasteiger partial charge is 0.244 e. The van der Waals surface area contributed by atoms with Gasteiger partial charge in [-0.2, -0.15) is 0 Å². The Morgan fingerprint density at radius 1 is 1.20 bits per heavy atom. The van der Waals surface area contributed by atoms with Gasteiger partial charge in [-0.1, -0.05) is 44.5 Å². The summed E-state index contributed by atoms with van der Waals surface area (Å²) in [5.41, 5.74) is 3.94. The Morgan fingerprint density at radius 2 is 2.00 bits per heavy atom. The van der Waals surface area contributed by atoms with E-state index in [0.717, 1.165) is 35.2 Å². The molecule has 0 aliphatic carbocycles. The molecule has 2 aromatic rings. The van der Waals surface area contributed by atoms with Gasteiger partial charge in [-0.3, -0.25) is 24.3 Å². The molecule has 8 nitrogen and oxygen atoms in total. The van der Waals surface area contributed by atoms with E-state index in [0.29, 0.717) is 25.9 Å². The number of nitrogens with one attached hydrogen (secondary N) is 3. The van der Waals surface area contributed by atoms with Crippen LogP contribution < -0.4 is 20.9 Å². The van der Waals surface area contributed by atoms with E-state index >= 15 is 0 Å². The van der Waals surface area contributed by atoms with Crippen molar-refractivity contribution in [3.63, 3.8) is 0 Å². The zero-order valence-electron chi connectivity index (χ0n) is 20.7. The number of anilines is 1. The van der Waals surface area contributed by atoms with E-state index in [1.165, 1.54) is 6.92 Å². The van der Waals surface area contributed by atoms with Crippen LogP contribution in [-0.2, 0) is 33.8 Å². The summed E-state index contributed by atoms with van der Waals surface area (Å²) in [6.07, 6.45) is 6.24. The fourth-order valence-electron chi connectivity index (χ4n) is 5.05. The summed E-state index contributed by atoms with van der Waals surface area (Å²) < 4.78 is 0. The van der Waals surface area contributed by atoms with Crippen LogP contribution >= 0.6 is 0 Å². The molecule has 2 aliphatic heterocycles. The largest absolute Gasteiger partial charge is 0.352 e. The van der Waals surface area contributed by atoms with Crippen LogP contribution in [0.1, 0.15) is 50.3 Å². The Balaban J connectivity index is 1.52. The van der Waals surface area contributed by atoms with Crippen molar-refractivity contribution in [2.24, 2.45) is 5.92 Å². The highest BCUT2D eigenvalue weighted by Crippen LogP contribution is 2.39. The fourth-order valence-corrected chi connectivity index (χ4v) is 5.05. The molecule has 3 amide bonds. The molecule has 0 fully saturated rings. The van der Waals surface area contributed by atoms with Crippen LogP contribution in [-0.4, -0.2) is 47.4 Å². The monoisotopic (exact) mass is 477 g/mol. The molecular weight excluding hydrogens is 442 g/mol. The summed E-state index contributed by atoms with van der Waals surface area (Å²) in [5, 5.41) is 9.44. The van der Waals surface area contributed by atoms with Crippen LogP contribution in [0.3, 0.4) is 0 Å². The number of nitrogens with zero attached hydrogens (tertiary/aromatic N) is 2. The molecule has 1 aromatic heterocycles. The predicted molar refractivity (Wildman–Crippen MR) is 135 cm³/mol. The Kier molecular flexibility index (Phi) is 7.80. The maximum absolute atomic E-state index is 13.8. The average molecular weight is 478 g/mol. The summed E-state index contributed by atoms with van der Waals surface area (Å²) in [6.45, 7) is 6.57. The molecule has 1 aromatic carbocycles. The van der Waals surface area contributed by atoms with Crippen molar-refractivity contribution in [2.45, 2.75) is 71.1 Å². The maximum Gasteiger partial charge on any atom is 0.244 e. The first-order chi connectivity index (χ1) is 16.9. The molecular formula is C27H35N5O3. The number of aromatic nitrogens is 1. The van der Waals surface area contributed by atoms with Gasteiger partial charge in [-0.15, -0.1) is 0 Å². The van der Waals surface area contributed by atoms with E-state index in [4.69, 9.17) is 0 Å². The Bertz CT molecular complexity index is 1070. The highest BCUT2D eigenvalue weighted by atomic mass is 16.2. The number of carbonyl (C=O) groups is 3. The quantitative estimate of drug-likeness (QED) is 0.513. The normalized spacial score (nSPS) is 20.5. The topological polar surface area (TPSA) is 103 Å². The third-order valence-electron chi connectivity index (χ3n) is 7.20. The zero-order valence-corrected chi connectivity index (χ0v) is 20.7. The molecule has 35 heavy (non-hydrogen) atoms. The van der Waals surface area contributed by atoms with Gasteiger partial charge in [0.05, 0.1) is 11.7 Å². The molecule has 4 atom stereocenters. The van der Waals surface area contributed by atoms with Crippen molar-refractivity contribution in [3.05, 3.63) is 59.4 Å². The van der Waals surface area contributed by atoms with Gasteiger partial charge in [-0.25, -0.2) is 0 Å². The van der Waals surface area contributed by atoms with Crippen LogP contribution in [0.15, 0.2) is 42.7 Å². The first kappa shape index (κ1) is 24.9. The van der Waals surface area contributed by atoms with Crippen molar-refractivity contribution in [1.29, 1.82) is 0 Å². The molecule has 4 rings (SSSR count). The fraction of sp³-hybridized carbons (Fsp3) is 0.481. The SMILES string of the molecule is CC[C@H](C)[C@@H](CN[C@H]1CCc2cccc3c2N(C1=O)[C@H](C(=O)NCc1cccnc1)C3)NC(C)=O. The lowest BCUT2D eigenvalue weighted by atomic mass is 9.98. The van der Waals surface area contributed by atoms with Crippen molar-refractivity contribution in [1.82, 2.24) is 20.9 Å². The van der Waals surface area contributed by atoms with Crippen LogP contribution in [0.2, 0.25) is 0 Å². The number of benzene rings is 1. The lowest BCUT2D eigenvalue weighted by molar-refractivity contribution is -0.127. The number of hydrogen-bond acceptors (Lipinski definition) is 5. The van der Waals surface area contributed by atoms with Crippen LogP contribution in [0.25, 0.3) is 0 Å². The maximum atomic E-state index is 13.8. The number of carbonyl (C=O) groups excluding carboxylic acids is 3. The van der Waals surface area contributed by atoms with E-state index in [1.54, 1.807) is 17.3 Å². The Morgan fingerprint density at radius 3 is 2.71 bits per heavy atom. The molecule has 186 valence electrons. The zero-order chi connectivity index (χ0) is 24.9. The molecule has 0 unspecified atom stereocenters. The summed E-state index contributed by atoms with van der Waals surface area (Å²) in [5.74, 6) is -0.0539. The van der Waals surface area contributed by atoms with Crippen LogP contribution in [0, 0.1) is 5.92 Å². The van der Waals surface area contributed by atoms with E-state index in [1.807, 2.05) is 24.3 Å². The summed E-state index contributed by atoms with van der Waals surface area (Å²) in [4.78, 5) is 44.6. The summed E-state index contributed by atoms with van der Waals surface area (Å²) in [7, 11) is 0. The third-order valence-corrected chi connectivity index (χ3v) is 7.20. The van der Waals surface area contributed by atoms with Gasteiger partial charge in [0.1, 0.15) is 6.04 Å². The second-order valence-electron chi connectivity index (χ2n) is 9.62. The third kappa shape index (κ3) is 5.53. The van der Waals surface area contributed by atoms with E-state index in [2.05, 4.69) is 40.8 Å². The number of aryl methyl sites for hydroxylation is 1. The second kappa shape index (κ2) is 11.0. The van der Waals surface area contributed by atoms with Gasteiger partial charge < -0.3 is 16.0 Å². The van der Waals surface area contributed by atoms with Gasteiger partial charge in [0.25, 0.3) is 0 Å². The average Bonchev–Trinajstić information content (AvgIpc) is 3.20. The lowest BCUT2D eigenvalue weighted by Gasteiger charge is -2.30. The van der Waals surface area contributed by atoms with Crippen molar-refractivity contribution in [3.8, 4) is 0 Å². The number of amides is 3. The van der Waals surface area contributed by atoms with E-state index in [9.17, 15) is 14.4 Å². The standard InChI is InChI=1S/C27H35N5O3/c1-4-17(2)23(31-18(3)33)16-29-22-11-10-20-8-5-9-21-13-24(32(25(20)21)27(22)35)26(34)30-15-19-7-6-12-28-14-19/h5-9,12,14,17,22-24,29H,4,10-11,13,15-16H2,1-3H3,(H,30,34)(H,31,33)/t17-,22-,23+,24-/m0/s1. The minimum atomic E-state index is -0.585. The number of para-hydroxylation sites is 1. The Hall–Kier alpha value is -3.26. The molecule has 8 heteroatoms. The first-order valence-electron chi connectivity index (χ1n) is 12.5. The van der Waals surface area contributed by atoms with Crippen LogP contribution in [0.5, 0.6) is 0 Å². The Labute approximate surface area is 206 Å². The van der Waals surface area contributed by atoms with E-state index in [-0.39, 0.29) is 29.7 Å². The number of hydrogen-bond donors (Lipinski definition) is 3. The molecule has 2 aliphatic rings. The van der Waals surface area contributed by atoms with Gasteiger partial charge in [0.15, 0.2) is 0 Å². The van der Waals surface area contributed by atoms with Crippen molar-refractivity contribution >= 4 is 23.4 Å². The van der Waals surface area contributed by atoms with Crippen molar-refractivity contribution < 1.29 is 14.4 Å². The molecule has 3 N–H and O–H groups in total. The molecule has 0 radical (unpaired) electrons. The highest BCUT2D eigenvalue weighted by molar-refractivity contribution is 6.06. The lowest BCUT2D eigenvalue weighted by Crippen LogP contribution is -2.55. The first-order valence-corrected chi connectivity index (χ1v) is 12.5. The molecule has 3 heterocycles. The molecule has 0 saturated heterocycles. The highest BCUT2D eigenvalue weighted by Gasteiger charge is 2.43. The van der Waals surface area contributed by atoms with E-state index < -0.39 is 12.1 Å². The predicted octanol–water partition coefficient (Wildman–Crippen LogP) is 2.11. The number of pyridine rings is 1. The molecule has 0 spiro atoms. The molecule has 0 saturated carbocycles. The van der Waals surface area contributed by atoms with Gasteiger partial charge in [-0.05, 0) is 41.5 Å². The minimum Gasteiger partial charge on any atom is -0.352 e. The van der Waals surface area contributed by atoms with Gasteiger partial charge in [0.2, 0.25) is 17.7 Å². The number of rotatable bonds is 9. The minimum absolute atomic E-state index is 0.0661. The summed E-state index contributed by atoms with van der Waals surface area (Å²) in [6, 6.07) is 8.74.